The number of rotatable bonds is 3. The Balaban J connectivity index is 1.95. The molecule has 0 saturated heterocycles. The minimum atomic E-state index is 0.0690. The summed E-state index contributed by atoms with van der Waals surface area (Å²) in [5.74, 6) is 1.21. The molecule has 0 saturated carbocycles. The highest BCUT2D eigenvalue weighted by molar-refractivity contribution is 6.29. The first-order chi connectivity index (χ1) is 9.24. The van der Waals surface area contributed by atoms with Crippen LogP contribution in [-0.2, 0) is 0 Å². The first kappa shape index (κ1) is 11.9. The van der Waals surface area contributed by atoms with Gasteiger partial charge in [0.15, 0.2) is 0 Å². The molecule has 96 valence electrons. The Morgan fingerprint density at radius 1 is 1.42 bits per heavy atom. The molecule has 0 radical (unpaired) electrons. The third kappa shape index (κ3) is 2.34. The molecule has 3 rings (SSSR count). The maximum Gasteiger partial charge on any atom is 0.255 e. The van der Waals surface area contributed by atoms with Crippen molar-refractivity contribution in [1.29, 1.82) is 0 Å². The molecule has 1 N–H and O–H groups in total. The van der Waals surface area contributed by atoms with Crippen LogP contribution < -0.4 is 5.32 Å². The molecule has 0 fully saturated rings. The number of aromatic nitrogens is 5. The average molecular weight is 275 g/mol. The zero-order chi connectivity index (χ0) is 13.2. The Morgan fingerprint density at radius 3 is 3.11 bits per heavy atom. The summed E-state index contributed by atoms with van der Waals surface area (Å²) in [7, 11) is 0. The molecular formula is C12H11ClN6. The Kier molecular flexibility index (Phi) is 3.00. The Bertz CT molecular complexity index is 696. The van der Waals surface area contributed by atoms with E-state index in [0.717, 1.165) is 11.4 Å². The van der Waals surface area contributed by atoms with E-state index in [4.69, 9.17) is 11.6 Å². The second-order valence-electron chi connectivity index (χ2n) is 4.09. The third-order valence-electron chi connectivity index (χ3n) is 2.77. The highest BCUT2D eigenvalue weighted by atomic mass is 35.5. The fourth-order valence-electron chi connectivity index (χ4n) is 1.82. The van der Waals surface area contributed by atoms with Crippen molar-refractivity contribution in [2.45, 2.75) is 13.0 Å². The Labute approximate surface area is 114 Å². The third-order valence-corrected chi connectivity index (χ3v) is 2.96. The van der Waals surface area contributed by atoms with Crippen LogP contribution in [0.2, 0.25) is 5.15 Å². The minimum absolute atomic E-state index is 0.0690. The fourth-order valence-corrected chi connectivity index (χ4v) is 2.00. The number of anilines is 1. The van der Waals surface area contributed by atoms with E-state index >= 15 is 0 Å². The van der Waals surface area contributed by atoms with Crippen molar-refractivity contribution in [1.82, 2.24) is 24.6 Å². The van der Waals surface area contributed by atoms with Gasteiger partial charge in [0.1, 0.15) is 17.3 Å². The second-order valence-corrected chi connectivity index (χ2v) is 4.48. The highest BCUT2D eigenvalue weighted by Crippen LogP contribution is 2.20. The second kappa shape index (κ2) is 4.81. The minimum Gasteiger partial charge on any atom is -0.363 e. The monoisotopic (exact) mass is 274 g/mol. The zero-order valence-electron chi connectivity index (χ0n) is 10.2. The molecule has 0 aromatic carbocycles. The predicted molar refractivity (Wildman–Crippen MR) is 72.1 cm³/mol. The number of pyridine rings is 1. The van der Waals surface area contributed by atoms with Crippen LogP contribution in [0, 0.1) is 0 Å². The van der Waals surface area contributed by atoms with Gasteiger partial charge in [0.25, 0.3) is 5.78 Å². The molecule has 7 heteroatoms. The van der Waals surface area contributed by atoms with E-state index in [2.05, 4.69) is 25.4 Å². The Morgan fingerprint density at radius 2 is 2.32 bits per heavy atom. The van der Waals surface area contributed by atoms with Gasteiger partial charge < -0.3 is 5.32 Å². The van der Waals surface area contributed by atoms with Gasteiger partial charge in [-0.15, -0.1) is 0 Å². The quantitative estimate of drug-likeness (QED) is 0.743. The van der Waals surface area contributed by atoms with Crippen molar-refractivity contribution in [3.63, 3.8) is 0 Å². The molecule has 19 heavy (non-hydrogen) atoms. The summed E-state index contributed by atoms with van der Waals surface area (Å²) in [6.07, 6.45) is 5.01. The number of halogens is 1. The summed E-state index contributed by atoms with van der Waals surface area (Å²) >= 11 is 5.97. The molecule has 1 atom stereocenters. The molecule has 3 aromatic rings. The van der Waals surface area contributed by atoms with Crippen LogP contribution in [0.3, 0.4) is 0 Å². The molecule has 0 aliphatic rings. The maximum atomic E-state index is 5.97. The zero-order valence-corrected chi connectivity index (χ0v) is 10.9. The standard InChI is InChI=1S/C12H11ClN6/c1-8(9-3-2-4-14-6-9)17-11-5-10(13)18-12-15-7-16-19(11)12/h2-8,17H,1H3. The summed E-state index contributed by atoms with van der Waals surface area (Å²) < 4.78 is 1.61. The lowest BCUT2D eigenvalue weighted by Gasteiger charge is -2.15. The number of hydrogen-bond donors (Lipinski definition) is 1. The van der Waals surface area contributed by atoms with E-state index in [1.165, 1.54) is 6.33 Å². The number of nitrogens with one attached hydrogen (secondary N) is 1. The van der Waals surface area contributed by atoms with E-state index < -0.39 is 0 Å². The molecule has 0 bridgehead atoms. The van der Waals surface area contributed by atoms with Crippen molar-refractivity contribution < 1.29 is 0 Å². The summed E-state index contributed by atoms with van der Waals surface area (Å²) in [5.41, 5.74) is 1.07. The van der Waals surface area contributed by atoms with Gasteiger partial charge in [0.05, 0.1) is 6.04 Å². The lowest BCUT2D eigenvalue weighted by molar-refractivity contribution is 0.835. The summed E-state index contributed by atoms with van der Waals surface area (Å²) in [6, 6.07) is 5.69. The molecular weight excluding hydrogens is 264 g/mol. The first-order valence-electron chi connectivity index (χ1n) is 5.77. The van der Waals surface area contributed by atoms with Gasteiger partial charge in [-0.25, -0.2) is 0 Å². The van der Waals surface area contributed by atoms with Gasteiger partial charge in [-0.1, -0.05) is 17.7 Å². The fraction of sp³-hybridized carbons (Fsp3) is 0.167. The molecule has 0 spiro atoms. The summed E-state index contributed by atoms with van der Waals surface area (Å²) in [6.45, 7) is 2.04. The van der Waals surface area contributed by atoms with Gasteiger partial charge in [-0.3, -0.25) is 4.98 Å². The van der Waals surface area contributed by atoms with Gasteiger partial charge in [0, 0.05) is 18.5 Å². The average Bonchev–Trinajstić information content (AvgIpc) is 2.88. The predicted octanol–water partition coefficient (Wildman–Crippen LogP) is 2.35. The van der Waals surface area contributed by atoms with E-state index in [0.29, 0.717) is 10.9 Å². The SMILES string of the molecule is CC(Nc1cc(Cl)nc2ncnn12)c1cccnc1. The van der Waals surface area contributed by atoms with Crippen LogP contribution in [0.1, 0.15) is 18.5 Å². The van der Waals surface area contributed by atoms with E-state index in [-0.39, 0.29) is 6.04 Å². The molecule has 0 aliphatic heterocycles. The van der Waals surface area contributed by atoms with Crippen molar-refractivity contribution >= 4 is 23.2 Å². The number of hydrogen-bond acceptors (Lipinski definition) is 5. The van der Waals surface area contributed by atoms with E-state index in [9.17, 15) is 0 Å². The Hall–Kier alpha value is -2.21. The smallest absolute Gasteiger partial charge is 0.255 e. The first-order valence-corrected chi connectivity index (χ1v) is 6.14. The van der Waals surface area contributed by atoms with Crippen LogP contribution in [-0.4, -0.2) is 24.6 Å². The maximum absolute atomic E-state index is 5.97. The number of fused-ring (bicyclic) bond motifs is 1. The molecule has 1 unspecified atom stereocenters. The van der Waals surface area contributed by atoms with Gasteiger partial charge in [-0.2, -0.15) is 19.6 Å². The molecule has 6 nitrogen and oxygen atoms in total. The van der Waals surface area contributed by atoms with Crippen molar-refractivity contribution in [3.05, 3.63) is 47.6 Å². The lowest BCUT2D eigenvalue weighted by Crippen LogP contribution is -2.11. The van der Waals surface area contributed by atoms with Crippen LogP contribution in [0.15, 0.2) is 36.9 Å². The van der Waals surface area contributed by atoms with Crippen molar-refractivity contribution in [2.75, 3.05) is 5.32 Å². The molecule has 0 aliphatic carbocycles. The van der Waals surface area contributed by atoms with Gasteiger partial charge >= 0.3 is 0 Å². The van der Waals surface area contributed by atoms with E-state index in [1.807, 2.05) is 25.3 Å². The summed E-state index contributed by atoms with van der Waals surface area (Å²) in [5, 5.41) is 7.81. The van der Waals surface area contributed by atoms with Gasteiger partial charge in [-0.05, 0) is 18.6 Å². The topological polar surface area (TPSA) is 68.0 Å². The van der Waals surface area contributed by atoms with Crippen molar-refractivity contribution in [3.8, 4) is 0 Å². The normalized spacial score (nSPS) is 12.5. The van der Waals surface area contributed by atoms with Crippen molar-refractivity contribution in [2.24, 2.45) is 0 Å². The van der Waals surface area contributed by atoms with Gasteiger partial charge in [0.2, 0.25) is 0 Å². The lowest BCUT2D eigenvalue weighted by atomic mass is 10.1. The summed E-state index contributed by atoms with van der Waals surface area (Å²) in [4.78, 5) is 12.2. The largest absolute Gasteiger partial charge is 0.363 e. The van der Waals surface area contributed by atoms with Crippen LogP contribution in [0.25, 0.3) is 5.78 Å². The molecule has 3 heterocycles. The van der Waals surface area contributed by atoms with Crippen LogP contribution in [0.4, 0.5) is 5.82 Å². The molecule has 0 amide bonds. The van der Waals surface area contributed by atoms with Crippen LogP contribution >= 0.6 is 11.6 Å². The highest BCUT2D eigenvalue weighted by Gasteiger charge is 2.10. The number of nitrogens with zero attached hydrogens (tertiary/aromatic N) is 5. The molecule has 3 aromatic heterocycles. The van der Waals surface area contributed by atoms with E-state index in [1.54, 1.807) is 16.8 Å². The van der Waals surface area contributed by atoms with Crippen LogP contribution in [0.5, 0.6) is 0 Å².